The number of hydrogen-bond donors (Lipinski definition) is 0. The Morgan fingerprint density at radius 1 is 0.893 bits per heavy atom. The Morgan fingerprint density at radius 2 is 1.68 bits per heavy atom. The first-order chi connectivity index (χ1) is 13.6. The minimum absolute atomic E-state index is 0.0546. The van der Waals surface area contributed by atoms with Crippen molar-refractivity contribution in [1.29, 1.82) is 0 Å². The molecule has 0 unspecified atom stereocenters. The second-order valence-corrected chi connectivity index (χ2v) is 7.16. The van der Waals surface area contributed by atoms with Crippen molar-refractivity contribution in [1.82, 2.24) is 4.57 Å². The number of nitrogens with zero attached hydrogens (tertiary/aromatic N) is 2. The molecule has 0 saturated heterocycles. The van der Waals surface area contributed by atoms with Crippen LogP contribution >= 0.6 is 0 Å². The second kappa shape index (κ2) is 6.27. The third-order valence-corrected chi connectivity index (χ3v) is 5.52. The lowest BCUT2D eigenvalue weighted by molar-refractivity contribution is 0.0996. The molecule has 28 heavy (non-hydrogen) atoms. The predicted octanol–water partition coefficient (Wildman–Crippen LogP) is 5.01. The average Bonchev–Trinajstić information content (AvgIpc) is 3.27. The van der Waals surface area contributed by atoms with Crippen LogP contribution in [0.1, 0.15) is 15.9 Å². The molecule has 5 rings (SSSR count). The van der Waals surface area contributed by atoms with Crippen LogP contribution in [0.25, 0.3) is 22.0 Å². The summed E-state index contributed by atoms with van der Waals surface area (Å²) in [6, 6.07) is 22.3. The quantitative estimate of drug-likeness (QED) is 0.509. The van der Waals surface area contributed by atoms with Gasteiger partial charge in [-0.1, -0.05) is 30.3 Å². The van der Waals surface area contributed by atoms with Gasteiger partial charge in [0.15, 0.2) is 0 Å². The van der Waals surface area contributed by atoms with E-state index >= 15 is 0 Å². The first-order valence-electron chi connectivity index (χ1n) is 9.28. The molecule has 0 N–H and O–H groups in total. The summed E-state index contributed by atoms with van der Waals surface area (Å²) in [6.07, 6.45) is 2.04. The number of amides is 1. The van der Waals surface area contributed by atoms with E-state index in [0.29, 0.717) is 6.54 Å². The van der Waals surface area contributed by atoms with Crippen LogP contribution in [0.2, 0.25) is 0 Å². The molecular weight excluding hydrogens is 348 g/mol. The summed E-state index contributed by atoms with van der Waals surface area (Å²) in [5, 5.41) is 1.18. The fourth-order valence-electron chi connectivity index (χ4n) is 3.89. The maximum absolute atomic E-state index is 13.1. The highest BCUT2D eigenvalue weighted by Gasteiger charge is 2.29. The van der Waals surface area contributed by atoms with E-state index in [9.17, 15) is 4.79 Å². The predicted molar refractivity (Wildman–Crippen MR) is 112 cm³/mol. The van der Waals surface area contributed by atoms with Gasteiger partial charge in [0.25, 0.3) is 5.91 Å². The third-order valence-electron chi connectivity index (χ3n) is 5.52. The van der Waals surface area contributed by atoms with Crippen LogP contribution in [-0.2, 0) is 13.6 Å². The maximum atomic E-state index is 13.1. The second-order valence-electron chi connectivity index (χ2n) is 7.16. The van der Waals surface area contributed by atoms with E-state index in [1.165, 1.54) is 5.39 Å². The van der Waals surface area contributed by atoms with Gasteiger partial charge in [-0.05, 0) is 58.5 Å². The molecule has 4 aromatic rings. The van der Waals surface area contributed by atoms with E-state index < -0.39 is 0 Å². The normalized spacial score (nSPS) is 13.2. The highest BCUT2D eigenvalue weighted by molar-refractivity contribution is 6.11. The zero-order valence-corrected chi connectivity index (χ0v) is 15.8. The SMILES string of the molecule is COc1ccc(-c2ccc3c(c2)C(=O)N(c2ccc4ccn(C)c4c2)C3)cc1. The van der Waals surface area contributed by atoms with Crippen LogP contribution in [0.5, 0.6) is 5.75 Å². The number of carbonyl (C=O) groups is 1. The molecule has 0 aliphatic carbocycles. The molecule has 0 saturated carbocycles. The standard InChI is InChI=1S/C24H20N2O2/c1-25-12-11-17-5-8-20(14-23(17)25)26-15-19-4-3-18(13-22(19)24(26)27)16-6-9-21(28-2)10-7-16/h3-14H,15H2,1-2H3. The zero-order chi connectivity index (χ0) is 19.3. The molecule has 1 aliphatic heterocycles. The number of aromatic nitrogens is 1. The number of methoxy groups -OCH3 is 1. The Morgan fingerprint density at radius 3 is 2.46 bits per heavy atom. The number of aryl methyl sites for hydroxylation is 1. The lowest BCUT2D eigenvalue weighted by atomic mass is 10.0. The van der Waals surface area contributed by atoms with Crippen molar-refractivity contribution >= 4 is 22.5 Å². The molecule has 1 aromatic heterocycles. The van der Waals surface area contributed by atoms with Crippen LogP contribution < -0.4 is 9.64 Å². The Kier molecular flexibility index (Phi) is 3.72. The summed E-state index contributed by atoms with van der Waals surface area (Å²) < 4.78 is 7.31. The van der Waals surface area contributed by atoms with E-state index in [-0.39, 0.29) is 5.91 Å². The van der Waals surface area contributed by atoms with Crippen LogP contribution in [0.15, 0.2) is 72.9 Å². The monoisotopic (exact) mass is 368 g/mol. The number of fused-ring (bicyclic) bond motifs is 2. The highest BCUT2D eigenvalue weighted by Crippen LogP contribution is 2.33. The van der Waals surface area contributed by atoms with Gasteiger partial charge in [-0.2, -0.15) is 0 Å². The largest absolute Gasteiger partial charge is 0.497 e. The number of benzene rings is 3. The minimum atomic E-state index is 0.0546. The Hall–Kier alpha value is -3.53. The number of anilines is 1. The summed E-state index contributed by atoms with van der Waals surface area (Å²) in [7, 11) is 3.68. The number of ether oxygens (including phenoxy) is 1. The average molecular weight is 368 g/mol. The minimum Gasteiger partial charge on any atom is -0.497 e. The van der Waals surface area contributed by atoms with Crippen molar-refractivity contribution in [3.05, 3.63) is 84.1 Å². The summed E-state index contributed by atoms with van der Waals surface area (Å²) in [6.45, 7) is 0.604. The van der Waals surface area contributed by atoms with Gasteiger partial charge in [0.1, 0.15) is 5.75 Å². The maximum Gasteiger partial charge on any atom is 0.258 e. The van der Waals surface area contributed by atoms with Crippen molar-refractivity contribution < 1.29 is 9.53 Å². The first-order valence-corrected chi connectivity index (χ1v) is 9.28. The third kappa shape index (κ3) is 2.57. The summed E-state index contributed by atoms with van der Waals surface area (Å²) >= 11 is 0. The van der Waals surface area contributed by atoms with E-state index in [4.69, 9.17) is 4.74 Å². The van der Waals surface area contributed by atoms with Crippen LogP contribution in [-0.4, -0.2) is 17.6 Å². The number of rotatable bonds is 3. The molecule has 4 heteroatoms. The fraction of sp³-hybridized carbons (Fsp3) is 0.125. The summed E-state index contributed by atoms with van der Waals surface area (Å²) in [5.74, 6) is 0.877. The molecule has 2 heterocycles. The Balaban J connectivity index is 1.50. The van der Waals surface area contributed by atoms with Gasteiger partial charge >= 0.3 is 0 Å². The molecular formula is C24H20N2O2. The molecule has 0 bridgehead atoms. The first kappa shape index (κ1) is 16.6. The van der Waals surface area contributed by atoms with Gasteiger partial charge in [0, 0.05) is 30.0 Å². The molecule has 0 spiro atoms. The van der Waals surface area contributed by atoms with E-state index in [1.807, 2.05) is 54.5 Å². The van der Waals surface area contributed by atoms with Crippen molar-refractivity contribution in [2.75, 3.05) is 12.0 Å². The molecule has 4 nitrogen and oxygen atoms in total. The smallest absolute Gasteiger partial charge is 0.258 e. The van der Waals surface area contributed by atoms with Gasteiger partial charge in [0.05, 0.1) is 13.7 Å². The highest BCUT2D eigenvalue weighted by atomic mass is 16.5. The number of hydrogen-bond acceptors (Lipinski definition) is 2. The van der Waals surface area contributed by atoms with E-state index in [0.717, 1.165) is 39.2 Å². The van der Waals surface area contributed by atoms with E-state index in [2.05, 4.69) is 34.9 Å². The molecule has 0 radical (unpaired) electrons. The Bertz CT molecular complexity index is 1210. The van der Waals surface area contributed by atoms with Gasteiger partial charge in [0.2, 0.25) is 0 Å². The number of carbonyl (C=O) groups excluding carboxylic acids is 1. The van der Waals surface area contributed by atoms with Crippen molar-refractivity contribution in [3.8, 4) is 16.9 Å². The van der Waals surface area contributed by atoms with Crippen molar-refractivity contribution in [2.24, 2.45) is 7.05 Å². The van der Waals surface area contributed by atoms with E-state index in [1.54, 1.807) is 7.11 Å². The van der Waals surface area contributed by atoms with Crippen LogP contribution in [0, 0.1) is 0 Å². The van der Waals surface area contributed by atoms with Crippen molar-refractivity contribution in [3.63, 3.8) is 0 Å². The molecule has 138 valence electrons. The molecule has 0 atom stereocenters. The lowest BCUT2D eigenvalue weighted by Crippen LogP contribution is -2.22. The Labute approximate surface area is 163 Å². The van der Waals surface area contributed by atoms with Crippen LogP contribution in [0.4, 0.5) is 5.69 Å². The van der Waals surface area contributed by atoms with Crippen molar-refractivity contribution in [2.45, 2.75) is 6.54 Å². The van der Waals surface area contributed by atoms with Gasteiger partial charge < -0.3 is 14.2 Å². The van der Waals surface area contributed by atoms with Gasteiger partial charge in [-0.3, -0.25) is 4.79 Å². The van der Waals surface area contributed by atoms with Crippen LogP contribution in [0.3, 0.4) is 0 Å². The topological polar surface area (TPSA) is 34.5 Å². The summed E-state index contributed by atoms with van der Waals surface area (Å²) in [4.78, 5) is 15.0. The fourth-order valence-corrected chi connectivity index (χ4v) is 3.89. The molecule has 1 amide bonds. The molecule has 3 aromatic carbocycles. The summed E-state index contributed by atoms with van der Waals surface area (Å²) in [5.41, 5.74) is 6.01. The zero-order valence-electron chi connectivity index (χ0n) is 15.8. The van der Waals surface area contributed by atoms with Gasteiger partial charge in [-0.15, -0.1) is 0 Å². The molecule has 1 aliphatic rings. The molecule has 0 fully saturated rings. The lowest BCUT2D eigenvalue weighted by Gasteiger charge is -2.16. The van der Waals surface area contributed by atoms with Gasteiger partial charge in [-0.25, -0.2) is 0 Å².